The second-order valence-electron chi connectivity index (χ2n) is 4.73. The average molecular weight is 299 g/mol. The maximum Gasteiger partial charge on any atom is 0.295 e. The zero-order chi connectivity index (χ0) is 15.0. The van der Waals surface area contributed by atoms with Crippen molar-refractivity contribution in [1.29, 1.82) is 0 Å². The van der Waals surface area contributed by atoms with Crippen LogP contribution in [0.5, 0.6) is 0 Å². The van der Waals surface area contributed by atoms with Crippen LogP contribution in [-0.4, -0.2) is 13.0 Å². The molecule has 0 bridgehead atoms. The summed E-state index contributed by atoms with van der Waals surface area (Å²) >= 11 is 0. The molecule has 0 atom stereocenters. The number of anilines is 1. The summed E-state index contributed by atoms with van der Waals surface area (Å²) in [6.45, 7) is 0. The van der Waals surface area contributed by atoms with Gasteiger partial charge >= 0.3 is 0 Å². The van der Waals surface area contributed by atoms with E-state index < -0.39 is 10.1 Å². The first-order chi connectivity index (χ1) is 9.98. The van der Waals surface area contributed by atoms with E-state index in [1.54, 1.807) is 24.3 Å². The molecule has 0 radical (unpaired) electrons. The zero-order valence-corrected chi connectivity index (χ0v) is 11.8. The molecule has 21 heavy (non-hydrogen) atoms. The topological polar surface area (TPSA) is 80.4 Å². The number of hydrogen-bond donors (Lipinski definition) is 2. The number of nitrogens with two attached hydrogens (primary N) is 1. The fourth-order valence-electron chi connectivity index (χ4n) is 2.49. The summed E-state index contributed by atoms with van der Waals surface area (Å²) < 4.78 is 32.8. The number of fused-ring (bicyclic) bond motifs is 1. The van der Waals surface area contributed by atoms with E-state index in [0.717, 1.165) is 5.56 Å². The van der Waals surface area contributed by atoms with Gasteiger partial charge in [0.15, 0.2) is 0 Å². The fourth-order valence-corrected chi connectivity index (χ4v) is 3.22. The van der Waals surface area contributed by atoms with Crippen molar-refractivity contribution in [2.75, 3.05) is 5.73 Å². The molecule has 3 N–H and O–H groups in total. The maximum absolute atomic E-state index is 11.7. The van der Waals surface area contributed by atoms with Crippen LogP contribution in [0.1, 0.15) is 0 Å². The van der Waals surface area contributed by atoms with Crippen LogP contribution in [0.3, 0.4) is 0 Å². The van der Waals surface area contributed by atoms with Crippen molar-refractivity contribution >= 4 is 26.6 Å². The van der Waals surface area contributed by atoms with E-state index in [2.05, 4.69) is 0 Å². The molecule has 0 saturated heterocycles. The summed E-state index contributed by atoms with van der Waals surface area (Å²) in [5, 5.41) is 1.14. The van der Waals surface area contributed by atoms with Crippen LogP contribution in [0.2, 0.25) is 0 Å². The van der Waals surface area contributed by atoms with Crippen molar-refractivity contribution in [1.82, 2.24) is 0 Å². The molecule has 3 aromatic carbocycles. The molecule has 5 heteroatoms. The molecule has 4 nitrogen and oxygen atoms in total. The summed E-state index contributed by atoms with van der Waals surface area (Å²) in [5.41, 5.74) is 7.93. The Bertz CT molecular complexity index is 919. The molecule has 0 spiro atoms. The number of hydrogen-bond acceptors (Lipinski definition) is 3. The first-order valence-corrected chi connectivity index (χ1v) is 7.76. The van der Waals surface area contributed by atoms with Crippen LogP contribution in [0.15, 0.2) is 65.6 Å². The predicted octanol–water partition coefficient (Wildman–Crippen LogP) is 3.34. The molecular weight excluding hydrogens is 286 g/mol. The van der Waals surface area contributed by atoms with Gasteiger partial charge in [-0.15, -0.1) is 0 Å². The number of rotatable bonds is 2. The Hall–Kier alpha value is -2.37. The van der Waals surface area contributed by atoms with Gasteiger partial charge in [0.2, 0.25) is 0 Å². The minimum absolute atomic E-state index is 0.133. The molecule has 0 aromatic heterocycles. The summed E-state index contributed by atoms with van der Waals surface area (Å²) in [5.74, 6) is 0. The van der Waals surface area contributed by atoms with Gasteiger partial charge in [-0.25, -0.2) is 0 Å². The van der Waals surface area contributed by atoms with Crippen LogP contribution in [0, 0.1) is 0 Å². The van der Waals surface area contributed by atoms with Crippen molar-refractivity contribution < 1.29 is 13.0 Å². The lowest BCUT2D eigenvalue weighted by molar-refractivity contribution is 0.484. The molecule has 0 aliphatic carbocycles. The first kappa shape index (κ1) is 13.6. The van der Waals surface area contributed by atoms with Gasteiger partial charge in [0.1, 0.15) is 4.90 Å². The Labute approximate surface area is 122 Å². The van der Waals surface area contributed by atoms with E-state index in [0.29, 0.717) is 22.0 Å². The molecule has 106 valence electrons. The average Bonchev–Trinajstić information content (AvgIpc) is 2.46. The highest BCUT2D eigenvalue weighted by Crippen LogP contribution is 2.37. The van der Waals surface area contributed by atoms with Gasteiger partial charge in [0.05, 0.1) is 0 Å². The molecule has 0 heterocycles. The Morgan fingerprint density at radius 2 is 1.57 bits per heavy atom. The normalized spacial score (nSPS) is 11.7. The number of benzene rings is 3. The van der Waals surface area contributed by atoms with Crippen molar-refractivity contribution in [3.05, 3.63) is 60.7 Å². The molecule has 0 fully saturated rings. The first-order valence-electron chi connectivity index (χ1n) is 6.32. The van der Waals surface area contributed by atoms with E-state index in [9.17, 15) is 13.0 Å². The summed E-state index contributed by atoms with van der Waals surface area (Å²) in [6.07, 6.45) is 0. The SMILES string of the molecule is Nc1ccc2cccc(S(=O)(=O)O)c2c1-c1ccccc1. The second kappa shape index (κ2) is 4.87. The Kier molecular flexibility index (Phi) is 3.16. The molecule has 3 rings (SSSR count). The van der Waals surface area contributed by atoms with Crippen molar-refractivity contribution in [3.8, 4) is 11.1 Å². The highest BCUT2D eigenvalue weighted by molar-refractivity contribution is 7.86. The lowest BCUT2D eigenvalue weighted by atomic mass is 9.96. The third-order valence-electron chi connectivity index (χ3n) is 3.38. The lowest BCUT2D eigenvalue weighted by Gasteiger charge is -2.13. The van der Waals surface area contributed by atoms with Gasteiger partial charge in [-0.1, -0.05) is 48.5 Å². The van der Waals surface area contributed by atoms with Gasteiger partial charge in [0, 0.05) is 16.6 Å². The molecule has 3 aromatic rings. The standard InChI is InChI=1S/C16H13NO3S/c17-13-10-9-12-7-4-8-14(21(18,19)20)16(12)15(13)11-5-2-1-3-6-11/h1-10H,17H2,(H,18,19,20). The van der Waals surface area contributed by atoms with E-state index in [-0.39, 0.29) is 4.90 Å². The van der Waals surface area contributed by atoms with E-state index in [1.165, 1.54) is 6.07 Å². The van der Waals surface area contributed by atoms with Crippen molar-refractivity contribution in [2.24, 2.45) is 0 Å². The molecule has 0 unspecified atom stereocenters. The van der Waals surface area contributed by atoms with E-state index in [1.807, 2.05) is 30.3 Å². The van der Waals surface area contributed by atoms with Gasteiger partial charge < -0.3 is 5.73 Å². The lowest BCUT2D eigenvalue weighted by Crippen LogP contribution is -2.01. The van der Waals surface area contributed by atoms with Gasteiger partial charge in [-0.3, -0.25) is 4.55 Å². The summed E-state index contributed by atoms with van der Waals surface area (Å²) in [6, 6.07) is 17.5. The van der Waals surface area contributed by atoms with Crippen LogP contribution in [0.4, 0.5) is 5.69 Å². The van der Waals surface area contributed by atoms with Crippen molar-refractivity contribution in [2.45, 2.75) is 4.90 Å². The predicted molar refractivity (Wildman–Crippen MR) is 83.6 cm³/mol. The zero-order valence-electron chi connectivity index (χ0n) is 11.0. The largest absolute Gasteiger partial charge is 0.398 e. The third kappa shape index (κ3) is 2.37. The van der Waals surface area contributed by atoms with Gasteiger partial charge in [0.25, 0.3) is 10.1 Å². The monoisotopic (exact) mass is 299 g/mol. The molecule has 0 amide bonds. The Morgan fingerprint density at radius 3 is 2.24 bits per heavy atom. The van der Waals surface area contributed by atoms with Crippen LogP contribution in [-0.2, 0) is 10.1 Å². The smallest absolute Gasteiger partial charge is 0.295 e. The Morgan fingerprint density at radius 1 is 0.857 bits per heavy atom. The maximum atomic E-state index is 11.7. The fraction of sp³-hybridized carbons (Fsp3) is 0. The molecule has 0 saturated carbocycles. The second-order valence-corrected chi connectivity index (χ2v) is 6.12. The third-order valence-corrected chi connectivity index (χ3v) is 4.28. The minimum Gasteiger partial charge on any atom is -0.398 e. The summed E-state index contributed by atoms with van der Waals surface area (Å²) in [4.78, 5) is -0.133. The van der Waals surface area contributed by atoms with Gasteiger partial charge in [-0.2, -0.15) is 8.42 Å². The molecule has 0 aliphatic heterocycles. The van der Waals surface area contributed by atoms with Crippen LogP contribution in [0.25, 0.3) is 21.9 Å². The van der Waals surface area contributed by atoms with E-state index >= 15 is 0 Å². The highest BCUT2D eigenvalue weighted by Gasteiger charge is 2.18. The number of nitrogen functional groups attached to an aromatic ring is 1. The van der Waals surface area contributed by atoms with Crippen LogP contribution < -0.4 is 5.73 Å². The quantitative estimate of drug-likeness (QED) is 0.562. The molecule has 0 aliphatic rings. The highest BCUT2D eigenvalue weighted by atomic mass is 32.2. The van der Waals surface area contributed by atoms with Crippen molar-refractivity contribution in [3.63, 3.8) is 0 Å². The van der Waals surface area contributed by atoms with Crippen LogP contribution >= 0.6 is 0 Å². The Balaban J connectivity index is 2.52. The van der Waals surface area contributed by atoms with E-state index in [4.69, 9.17) is 5.73 Å². The molecular formula is C16H13NO3S. The summed E-state index contributed by atoms with van der Waals surface area (Å²) in [7, 11) is -4.33. The minimum atomic E-state index is -4.33. The van der Waals surface area contributed by atoms with Gasteiger partial charge in [-0.05, 0) is 23.1 Å².